The van der Waals surface area contributed by atoms with Gasteiger partial charge in [0.2, 0.25) is 5.91 Å². The second-order valence-corrected chi connectivity index (χ2v) is 6.77. The van der Waals surface area contributed by atoms with E-state index in [1.807, 2.05) is 0 Å². The van der Waals surface area contributed by atoms with Crippen LogP contribution in [0.5, 0.6) is 5.75 Å². The van der Waals surface area contributed by atoms with Crippen molar-refractivity contribution in [2.75, 3.05) is 6.61 Å². The van der Waals surface area contributed by atoms with Crippen molar-refractivity contribution in [3.8, 4) is 5.75 Å². The number of carbonyl (C=O) groups is 3. The molecule has 110 valence electrons. The Labute approximate surface area is 134 Å². The summed E-state index contributed by atoms with van der Waals surface area (Å²) in [4.78, 5) is 35.2. The fraction of sp³-hybridized carbons (Fsp3) is 0.308. The molecular weight excluding hydrogens is 337 g/mol. The van der Waals surface area contributed by atoms with E-state index in [-0.39, 0.29) is 35.0 Å². The van der Waals surface area contributed by atoms with Gasteiger partial charge in [0.25, 0.3) is 5.24 Å². The highest BCUT2D eigenvalue weighted by atomic mass is 35.5. The molecule has 2 aliphatic rings. The van der Waals surface area contributed by atoms with Gasteiger partial charge >= 0.3 is 0 Å². The van der Waals surface area contributed by atoms with Gasteiger partial charge in [-0.1, -0.05) is 35.0 Å². The number of ketones is 1. The molecule has 5 nitrogen and oxygen atoms in total. The van der Waals surface area contributed by atoms with Gasteiger partial charge in [0, 0.05) is 5.02 Å². The van der Waals surface area contributed by atoms with Crippen LogP contribution in [0.25, 0.3) is 0 Å². The zero-order valence-corrected chi connectivity index (χ0v) is 12.8. The van der Waals surface area contributed by atoms with Gasteiger partial charge in [-0.2, -0.15) is 0 Å². The molecule has 1 saturated heterocycles. The summed E-state index contributed by atoms with van der Waals surface area (Å²) >= 11 is 12.8. The number of hydrogen-bond donors (Lipinski definition) is 1. The van der Waals surface area contributed by atoms with Crippen molar-refractivity contribution in [2.24, 2.45) is 5.92 Å². The molecule has 2 heterocycles. The number of nitrogens with one attached hydrogen (secondary N) is 1. The molecule has 2 atom stereocenters. The fourth-order valence-electron chi connectivity index (χ4n) is 2.35. The first-order chi connectivity index (χ1) is 9.95. The summed E-state index contributed by atoms with van der Waals surface area (Å²) in [6.45, 7) is 0.131. The molecular formula is C13H9Cl2NO4S. The van der Waals surface area contributed by atoms with Crippen LogP contribution in [0.4, 0.5) is 4.79 Å². The van der Waals surface area contributed by atoms with Gasteiger partial charge in [0.1, 0.15) is 5.75 Å². The van der Waals surface area contributed by atoms with Crippen LogP contribution in [0.15, 0.2) is 12.1 Å². The number of imide groups is 1. The molecule has 0 saturated carbocycles. The van der Waals surface area contributed by atoms with Crippen LogP contribution in [0.2, 0.25) is 10.0 Å². The van der Waals surface area contributed by atoms with Crippen LogP contribution in [-0.4, -0.2) is 28.8 Å². The summed E-state index contributed by atoms with van der Waals surface area (Å²) in [5, 5.41) is 1.88. The number of Topliss-reactive ketones (excluding diaryl/α,β-unsaturated/α-hetero) is 1. The number of amides is 2. The average molecular weight is 346 g/mol. The van der Waals surface area contributed by atoms with E-state index in [1.54, 1.807) is 0 Å². The molecule has 8 heteroatoms. The van der Waals surface area contributed by atoms with Gasteiger partial charge in [0.15, 0.2) is 5.78 Å². The van der Waals surface area contributed by atoms with E-state index in [2.05, 4.69) is 5.32 Å². The first-order valence-corrected chi connectivity index (χ1v) is 7.77. The van der Waals surface area contributed by atoms with Gasteiger partial charge in [-0.15, -0.1) is 0 Å². The van der Waals surface area contributed by atoms with Gasteiger partial charge in [-0.3, -0.25) is 19.7 Å². The van der Waals surface area contributed by atoms with Crippen molar-refractivity contribution in [1.29, 1.82) is 0 Å². The van der Waals surface area contributed by atoms with E-state index in [4.69, 9.17) is 27.9 Å². The van der Waals surface area contributed by atoms with E-state index in [1.165, 1.54) is 12.1 Å². The highest BCUT2D eigenvalue weighted by molar-refractivity contribution is 8.15. The summed E-state index contributed by atoms with van der Waals surface area (Å²) in [5.74, 6) is -0.718. The summed E-state index contributed by atoms with van der Waals surface area (Å²) in [6.07, 6.45) is 0.241. The molecule has 2 amide bonds. The van der Waals surface area contributed by atoms with E-state index in [0.717, 1.165) is 11.8 Å². The standard InChI is InChI=1S/C13H9Cl2NO4S/c14-6-2-7-10(17)5(4-20-11(7)8(15)3-6)1-9-12(18)16-13(19)21-9/h2-3,5,9H,1,4H2,(H,16,18,19). The molecule has 0 spiro atoms. The van der Waals surface area contributed by atoms with E-state index >= 15 is 0 Å². The molecule has 2 aliphatic heterocycles. The van der Waals surface area contributed by atoms with E-state index in [9.17, 15) is 14.4 Å². The molecule has 3 rings (SSSR count). The Morgan fingerprint density at radius 2 is 2.05 bits per heavy atom. The molecule has 0 bridgehead atoms. The molecule has 0 radical (unpaired) electrons. The Hall–Kier alpha value is -1.24. The quantitative estimate of drug-likeness (QED) is 0.891. The first-order valence-electron chi connectivity index (χ1n) is 6.13. The minimum Gasteiger partial charge on any atom is -0.490 e. The molecule has 1 fully saturated rings. The highest BCUT2D eigenvalue weighted by Gasteiger charge is 2.38. The second kappa shape index (κ2) is 5.51. The monoisotopic (exact) mass is 345 g/mol. The number of benzene rings is 1. The second-order valence-electron chi connectivity index (χ2n) is 4.76. The number of carbonyl (C=O) groups excluding carboxylic acids is 3. The highest BCUT2D eigenvalue weighted by Crippen LogP contribution is 2.38. The number of rotatable bonds is 2. The number of halogens is 2. The molecule has 21 heavy (non-hydrogen) atoms. The lowest BCUT2D eigenvalue weighted by Crippen LogP contribution is -2.33. The minimum absolute atomic E-state index is 0.131. The molecule has 1 N–H and O–H groups in total. The summed E-state index contributed by atoms with van der Waals surface area (Å²) < 4.78 is 5.53. The molecule has 2 unspecified atom stereocenters. The lowest BCUT2D eigenvalue weighted by atomic mass is 9.91. The number of fused-ring (bicyclic) bond motifs is 1. The Kier molecular flexibility index (Phi) is 3.86. The molecule has 1 aromatic rings. The zero-order chi connectivity index (χ0) is 15.1. The van der Waals surface area contributed by atoms with Crippen molar-refractivity contribution in [3.05, 3.63) is 27.7 Å². The van der Waals surface area contributed by atoms with Crippen LogP contribution < -0.4 is 10.1 Å². The predicted molar refractivity (Wildman–Crippen MR) is 79.3 cm³/mol. The summed E-state index contributed by atoms with van der Waals surface area (Å²) in [7, 11) is 0. The van der Waals surface area contributed by atoms with Crippen LogP contribution >= 0.6 is 35.0 Å². The van der Waals surface area contributed by atoms with Crippen LogP contribution in [0.1, 0.15) is 16.8 Å². The largest absolute Gasteiger partial charge is 0.490 e. The zero-order valence-electron chi connectivity index (χ0n) is 10.5. The van der Waals surface area contributed by atoms with Crippen LogP contribution in [0, 0.1) is 5.92 Å². The van der Waals surface area contributed by atoms with Gasteiger partial charge in [-0.25, -0.2) is 0 Å². The van der Waals surface area contributed by atoms with Crippen molar-refractivity contribution in [2.45, 2.75) is 11.7 Å². The van der Waals surface area contributed by atoms with Gasteiger partial charge in [0.05, 0.1) is 28.4 Å². The Balaban J connectivity index is 1.83. The third-order valence-corrected chi connectivity index (χ3v) is 4.85. The Bertz CT molecular complexity index is 664. The molecule has 0 aliphatic carbocycles. The third-order valence-electron chi connectivity index (χ3n) is 3.34. The maximum absolute atomic E-state index is 12.5. The smallest absolute Gasteiger partial charge is 0.286 e. The van der Waals surface area contributed by atoms with Gasteiger partial charge < -0.3 is 4.74 Å². The number of thioether (sulfide) groups is 1. The van der Waals surface area contributed by atoms with Crippen molar-refractivity contribution in [1.82, 2.24) is 5.32 Å². The van der Waals surface area contributed by atoms with Crippen molar-refractivity contribution >= 4 is 51.9 Å². The summed E-state index contributed by atoms with van der Waals surface area (Å²) in [6, 6.07) is 3.01. The number of hydrogen-bond acceptors (Lipinski definition) is 5. The maximum atomic E-state index is 12.5. The van der Waals surface area contributed by atoms with E-state index < -0.39 is 11.2 Å². The predicted octanol–water partition coefficient (Wildman–Crippen LogP) is 2.93. The Morgan fingerprint density at radius 1 is 1.29 bits per heavy atom. The Morgan fingerprint density at radius 3 is 2.71 bits per heavy atom. The average Bonchev–Trinajstić information content (AvgIpc) is 2.72. The first kappa shape index (κ1) is 14.7. The lowest BCUT2D eigenvalue weighted by Gasteiger charge is -2.25. The normalized spacial score (nSPS) is 24.6. The third kappa shape index (κ3) is 2.75. The fourth-order valence-corrected chi connectivity index (χ4v) is 3.81. The van der Waals surface area contributed by atoms with Crippen molar-refractivity contribution in [3.63, 3.8) is 0 Å². The maximum Gasteiger partial charge on any atom is 0.286 e. The SMILES string of the molecule is O=C1NC(=O)C(CC2COc3c(Cl)cc(Cl)cc3C2=O)S1. The van der Waals surface area contributed by atoms with Crippen molar-refractivity contribution < 1.29 is 19.1 Å². The molecule has 1 aromatic carbocycles. The van der Waals surface area contributed by atoms with Gasteiger partial charge in [-0.05, 0) is 18.6 Å². The van der Waals surface area contributed by atoms with Crippen LogP contribution in [0.3, 0.4) is 0 Å². The summed E-state index contributed by atoms with van der Waals surface area (Å²) in [5.41, 5.74) is 0.318. The lowest BCUT2D eigenvalue weighted by molar-refractivity contribution is -0.119. The topological polar surface area (TPSA) is 72.5 Å². The number of ether oxygens (including phenoxy) is 1. The minimum atomic E-state index is -0.564. The molecule has 0 aromatic heterocycles. The van der Waals surface area contributed by atoms with Crippen LogP contribution in [-0.2, 0) is 4.79 Å². The van der Waals surface area contributed by atoms with E-state index in [0.29, 0.717) is 16.3 Å².